The summed E-state index contributed by atoms with van der Waals surface area (Å²) >= 11 is 0. The molecule has 0 fully saturated rings. The summed E-state index contributed by atoms with van der Waals surface area (Å²) < 4.78 is 18.6. The van der Waals surface area contributed by atoms with E-state index in [0.717, 1.165) is 25.3 Å². The van der Waals surface area contributed by atoms with E-state index in [1.807, 2.05) is 13.0 Å². The molecule has 2 atom stereocenters. The average molecular weight is 254 g/mol. The smallest absolute Gasteiger partial charge is 0.213 e. The minimum Gasteiger partial charge on any atom is -0.377 e. The second kappa shape index (κ2) is 8.16. The summed E-state index contributed by atoms with van der Waals surface area (Å²) in [5.74, 6) is 0.0792. The number of aromatic nitrogens is 1. The Labute approximate surface area is 109 Å². The van der Waals surface area contributed by atoms with Gasteiger partial charge in [0.25, 0.3) is 0 Å². The van der Waals surface area contributed by atoms with E-state index in [1.165, 1.54) is 6.07 Å². The summed E-state index contributed by atoms with van der Waals surface area (Å²) in [5.41, 5.74) is 0.717. The number of rotatable bonds is 8. The van der Waals surface area contributed by atoms with E-state index in [0.29, 0.717) is 12.5 Å². The van der Waals surface area contributed by atoms with Crippen LogP contribution in [-0.2, 0) is 11.3 Å². The zero-order valence-electron chi connectivity index (χ0n) is 11.4. The van der Waals surface area contributed by atoms with Crippen molar-refractivity contribution in [2.24, 2.45) is 5.92 Å². The number of hydrogen-bond acceptors (Lipinski definition) is 3. The largest absolute Gasteiger partial charge is 0.377 e. The van der Waals surface area contributed by atoms with E-state index in [-0.39, 0.29) is 6.10 Å². The summed E-state index contributed by atoms with van der Waals surface area (Å²) in [5, 5.41) is 3.27. The van der Waals surface area contributed by atoms with Crippen LogP contribution in [0, 0.1) is 11.9 Å². The summed E-state index contributed by atoms with van der Waals surface area (Å²) in [6.45, 7) is 8.39. The van der Waals surface area contributed by atoms with Gasteiger partial charge < -0.3 is 10.1 Å². The van der Waals surface area contributed by atoms with Gasteiger partial charge >= 0.3 is 0 Å². The normalized spacial score (nSPS) is 14.4. The van der Waals surface area contributed by atoms with Crippen molar-refractivity contribution in [3.63, 3.8) is 0 Å². The Hall–Kier alpha value is -1.00. The molecule has 0 saturated heterocycles. The predicted molar refractivity (Wildman–Crippen MR) is 70.8 cm³/mol. The highest BCUT2D eigenvalue weighted by atomic mass is 19.1. The highest BCUT2D eigenvalue weighted by Gasteiger charge is 2.15. The molecule has 2 unspecified atom stereocenters. The maximum absolute atomic E-state index is 12.9. The van der Waals surface area contributed by atoms with E-state index in [2.05, 4.69) is 24.1 Å². The van der Waals surface area contributed by atoms with Crippen LogP contribution in [0.2, 0.25) is 0 Å². The highest BCUT2D eigenvalue weighted by Crippen LogP contribution is 2.10. The molecule has 18 heavy (non-hydrogen) atoms. The second-order valence-electron chi connectivity index (χ2n) is 4.46. The molecule has 1 N–H and O–H groups in total. The van der Waals surface area contributed by atoms with Gasteiger partial charge in [-0.3, -0.25) is 0 Å². The van der Waals surface area contributed by atoms with Gasteiger partial charge in [-0.2, -0.15) is 4.39 Å². The van der Waals surface area contributed by atoms with Crippen molar-refractivity contribution in [1.82, 2.24) is 10.3 Å². The van der Waals surface area contributed by atoms with E-state index in [9.17, 15) is 4.39 Å². The van der Waals surface area contributed by atoms with Gasteiger partial charge in [-0.25, -0.2) is 4.98 Å². The third-order valence-electron chi connectivity index (χ3n) is 3.08. The summed E-state index contributed by atoms with van der Waals surface area (Å²) in [6.07, 6.45) is 1.29. The molecule has 3 nitrogen and oxygen atoms in total. The zero-order valence-corrected chi connectivity index (χ0v) is 11.4. The standard InChI is InChI=1S/C14H23FN2O/c1-4-11(3)13(18-5-2)10-16-9-12-7-6-8-14(15)17-12/h6-8,11,13,16H,4-5,9-10H2,1-3H3. The van der Waals surface area contributed by atoms with Crippen LogP contribution in [0.3, 0.4) is 0 Å². The van der Waals surface area contributed by atoms with Crippen molar-refractivity contribution in [3.8, 4) is 0 Å². The van der Waals surface area contributed by atoms with Crippen molar-refractivity contribution in [1.29, 1.82) is 0 Å². The van der Waals surface area contributed by atoms with Gasteiger partial charge in [-0.15, -0.1) is 0 Å². The molecule has 1 heterocycles. The minimum absolute atomic E-state index is 0.202. The van der Waals surface area contributed by atoms with Gasteiger partial charge in [-0.1, -0.05) is 26.3 Å². The third-order valence-corrected chi connectivity index (χ3v) is 3.08. The molecule has 0 radical (unpaired) electrons. The number of nitrogens with one attached hydrogen (secondary N) is 1. The predicted octanol–water partition coefficient (Wildman–Crippen LogP) is 2.76. The average Bonchev–Trinajstić information content (AvgIpc) is 2.37. The van der Waals surface area contributed by atoms with Gasteiger partial charge in [0.2, 0.25) is 5.95 Å². The second-order valence-corrected chi connectivity index (χ2v) is 4.46. The molecular weight excluding hydrogens is 231 g/mol. The lowest BCUT2D eigenvalue weighted by Gasteiger charge is -2.23. The molecule has 0 aliphatic carbocycles. The van der Waals surface area contributed by atoms with E-state index >= 15 is 0 Å². The zero-order chi connectivity index (χ0) is 13.4. The first kappa shape index (κ1) is 15.1. The summed E-state index contributed by atoms with van der Waals surface area (Å²) in [7, 11) is 0. The number of pyridine rings is 1. The summed E-state index contributed by atoms with van der Waals surface area (Å²) in [4.78, 5) is 3.81. The van der Waals surface area contributed by atoms with Gasteiger partial charge in [0.15, 0.2) is 0 Å². The molecule has 1 rings (SSSR count). The van der Waals surface area contributed by atoms with Gasteiger partial charge in [-0.05, 0) is 25.0 Å². The first-order chi connectivity index (χ1) is 8.67. The first-order valence-corrected chi connectivity index (χ1v) is 6.61. The quantitative estimate of drug-likeness (QED) is 0.724. The maximum Gasteiger partial charge on any atom is 0.213 e. The fourth-order valence-electron chi connectivity index (χ4n) is 1.79. The van der Waals surface area contributed by atoms with Gasteiger partial charge in [0.05, 0.1) is 11.8 Å². The molecule has 4 heteroatoms. The number of nitrogens with zero attached hydrogens (tertiary/aromatic N) is 1. The van der Waals surface area contributed by atoms with Crippen LogP contribution < -0.4 is 5.32 Å². The Morgan fingerprint density at radius 2 is 2.17 bits per heavy atom. The van der Waals surface area contributed by atoms with Crippen LogP contribution in [0.25, 0.3) is 0 Å². The lowest BCUT2D eigenvalue weighted by atomic mass is 10.0. The van der Waals surface area contributed by atoms with Crippen molar-refractivity contribution >= 4 is 0 Å². The Morgan fingerprint density at radius 1 is 1.39 bits per heavy atom. The van der Waals surface area contributed by atoms with Crippen LogP contribution in [0.5, 0.6) is 0 Å². The van der Waals surface area contributed by atoms with E-state index in [4.69, 9.17) is 4.74 Å². The Balaban J connectivity index is 2.38. The van der Waals surface area contributed by atoms with E-state index < -0.39 is 5.95 Å². The Kier molecular flexibility index (Phi) is 6.83. The van der Waals surface area contributed by atoms with Crippen LogP contribution in [0.15, 0.2) is 18.2 Å². The van der Waals surface area contributed by atoms with Crippen molar-refractivity contribution in [2.45, 2.75) is 39.8 Å². The SMILES string of the molecule is CCOC(CNCc1cccc(F)n1)C(C)CC. The van der Waals surface area contributed by atoms with Crippen LogP contribution in [-0.4, -0.2) is 24.2 Å². The number of halogens is 1. The number of ether oxygens (including phenoxy) is 1. The molecule has 0 bridgehead atoms. The van der Waals surface area contributed by atoms with Crippen LogP contribution in [0.4, 0.5) is 4.39 Å². The molecular formula is C14H23FN2O. The Bertz CT molecular complexity index is 346. The van der Waals surface area contributed by atoms with Crippen molar-refractivity contribution < 1.29 is 9.13 Å². The summed E-state index contributed by atoms with van der Waals surface area (Å²) in [6, 6.07) is 4.84. The maximum atomic E-state index is 12.9. The fraction of sp³-hybridized carbons (Fsp3) is 0.643. The molecule has 0 aliphatic rings. The molecule has 0 spiro atoms. The van der Waals surface area contributed by atoms with Gasteiger partial charge in [0, 0.05) is 19.7 Å². The van der Waals surface area contributed by atoms with Crippen LogP contribution >= 0.6 is 0 Å². The lowest BCUT2D eigenvalue weighted by Crippen LogP contribution is -2.34. The first-order valence-electron chi connectivity index (χ1n) is 6.61. The topological polar surface area (TPSA) is 34.1 Å². The van der Waals surface area contributed by atoms with Crippen molar-refractivity contribution in [2.75, 3.05) is 13.2 Å². The third kappa shape index (κ3) is 5.10. The van der Waals surface area contributed by atoms with Crippen LogP contribution in [0.1, 0.15) is 32.9 Å². The van der Waals surface area contributed by atoms with Gasteiger partial charge in [0.1, 0.15) is 0 Å². The minimum atomic E-state index is -0.433. The molecule has 0 saturated carbocycles. The number of hydrogen-bond donors (Lipinski definition) is 1. The lowest BCUT2D eigenvalue weighted by molar-refractivity contribution is 0.0244. The monoisotopic (exact) mass is 254 g/mol. The molecule has 0 aromatic carbocycles. The molecule has 0 amide bonds. The molecule has 1 aromatic rings. The molecule has 0 aliphatic heterocycles. The Morgan fingerprint density at radius 3 is 2.78 bits per heavy atom. The fourth-order valence-corrected chi connectivity index (χ4v) is 1.79. The van der Waals surface area contributed by atoms with E-state index in [1.54, 1.807) is 6.07 Å². The van der Waals surface area contributed by atoms with Crippen molar-refractivity contribution in [3.05, 3.63) is 29.8 Å². The molecule has 102 valence electrons. The highest BCUT2D eigenvalue weighted by molar-refractivity contribution is 5.04. The molecule has 1 aromatic heterocycles.